The van der Waals surface area contributed by atoms with Crippen molar-refractivity contribution in [1.82, 2.24) is 4.72 Å². The second-order valence-electron chi connectivity index (χ2n) is 13.4. The molecule has 5 rings (SSSR count). The molecular formula is C30H42N2O6S. The molecule has 214 valence electrons. The summed E-state index contributed by atoms with van der Waals surface area (Å²) in [7, 11) is -3.72. The van der Waals surface area contributed by atoms with Crippen LogP contribution < -0.4 is 4.72 Å². The van der Waals surface area contributed by atoms with Gasteiger partial charge in [-0.25, -0.2) is 13.1 Å². The third-order valence-electron chi connectivity index (χ3n) is 11.5. The van der Waals surface area contributed by atoms with Gasteiger partial charge in [0.2, 0.25) is 10.0 Å². The van der Waals surface area contributed by atoms with Crippen molar-refractivity contribution < 1.29 is 22.9 Å². The molecule has 0 aliphatic heterocycles. The maximum Gasteiger partial charge on any atom is 0.269 e. The first-order chi connectivity index (χ1) is 18.4. The number of sulfonamides is 1. The Bertz CT molecular complexity index is 1250. The molecule has 0 heterocycles. The Labute approximate surface area is 231 Å². The fraction of sp³-hybridized carbons (Fsp3) is 0.733. The van der Waals surface area contributed by atoms with Gasteiger partial charge in [0.05, 0.1) is 9.82 Å². The van der Waals surface area contributed by atoms with Crippen molar-refractivity contribution >= 4 is 27.3 Å². The topological polar surface area (TPSA) is 123 Å². The summed E-state index contributed by atoms with van der Waals surface area (Å²) in [5.74, 6) is 2.84. The van der Waals surface area contributed by atoms with Gasteiger partial charge in [-0.1, -0.05) is 20.8 Å². The Balaban J connectivity index is 1.19. The summed E-state index contributed by atoms with van der Waals surface area (Å²) < 4.78 is 27.9. The van der Waals surface area contributed by atoms with E-state index in [9.17, 15) is 28.1 Å². The highest BCUT2D eigenvalue weighted by atomic mass is 32.2. The largest absolute Gasteiger partial charge is 0.300 e. The number of carbonyl (C=O) groups excluding carboxylic acids is 2. The van der Waals surface area contributed by atoms with Gasteiger partial charge in [0, 0.05) is 43.9 Å². The average Bonchev–Trinajstić information content (AvgIpc) is 3.25. The molecule has 4 aliphatic rings. The van der Waals surface area contributed by atoms with Crippen molar-refractivity contribution in [2.75, 3.05) is 6.54 Å². The number of rotatable bonds is 8. The SMILES string of the molecule is C[C@H](CCCNS(=O)(=O)c1ccc([N+](=O)[O-])cc1)[C@H]1CC[C@H]2[C@@H]3C(=O)C[C@@H]4CC(=O)CC[C@]4(C)[C@H]3CC[C@]12C. The summed E-state index contributed by atoms with van der Waals surface area (Å²) in [6, 6.07) is 4.93. The highest BCUT2D eigenvalue weighted by Gasteiger charge is 2.63. The summed E-state index contributed by atoms with van der Waals surface area (Å²) in [6.45, 7) is 7.37. The summed E-state index contributed by atoms with van der Waals surface area (Å²) in [4.78, 5) is 36.0. The zero-order valence-electron chi connectivity index (χ0n) is 23.4. The molecule has 0 aromatic heterocycles. The Kier molecular flexibility index (Phi) is 7.55. The third kappa shape index (κ3) is 4.98. The second kappa shape index (κ2) is 10.4. The van der Waals surface area contributed by atoms with Crippen LogP contribution in [0.3, 0.4) is 0 Å². The lowest BCUT2D eigenvalue weighted by Crippen LogP contribution is -2.57. The number of hydrogen-bond acceptors (Lipinski definition) is 6. The number of nitrogens with one attached hydrogen (secondary N) is 1. The number of nitrogens with zero attached hydrogens (tertiary/aromatic N) is 1. The van der Waals surface area contributed by atoms with E-state index in [0.29, 0.717) is 67.5 Å². The molecule has 8 nitrogen and oxygen atoms in total. The van der Waals surface area contributed by atoms with Crippen molar-refractivity contribution in [3.63, 3.8) is 0 Å². The number of carbonyl (C=O) groups is 2. The molecule has 39 heavy (non-hydrogen) atoms. The lowest BCUT2D eigenvalue weighted by atomic mass is 9.44. The summed E-state index contributed by atoms with van der Waals surface area (Å²) in [5.41, 5.74) is 0.0958. The van der Waals surface area contributed by atoms with Gasteiger partial charge in [-0.2, -0.15) is 0 Å². The van der Waals surface area contributed by atoms with Crippen LogP contribution in [0, 0.1) is 56.5 Å². The molecule has 0 radical (unpaired) electrons. The van der Waals surface area contributed by atoms with Crippen LogP contribution >= 0.6 is 0 Å². The predicted octanol–water partition coefficient (Wildman–Crippen LogP) is 5.70. The number of hydrogen-bond donors (Lipinski definition) is 1. The van der Waals surface area contributed by atoms with Crippen LogP contribution in [0.2, 0.25) is 0 Å². The van der Waals surface area contributed by atoms with Crippen LogP contribution in [0.25, 0.3) is 0 Å². The van der Waals surface area contributed by atoms with Gasteiger partial charge in [-0.15, -0.1) is 0 Å². The highest BCUT2D eigenvalue weighted by Crippen LogP contribution is 2.67. The van der Waals surface area contributed by atoms with Crippen LogP contribution in [-0.2, 0) is 19.6 Å². The minimum atomic E-state index is -3.72. The van der Waals surface area contributed by atoms with Crippen LogP contribution in [0.5, 0.6) is 0 Å². The van der Waals surface area contributed by atoms with E-state index < -0.39 is 14.9 Å². The Morgan fingerprint density at radius 2 is 1.72 bits per heavy atom. The van der Waals surface area contributed by atoms with Crippen LogP contribution in [0.4, 0.5) is 5.69 Å². The molecule has 4 saturated carbocycles. The number of Topliss-reactive ketones (excluding diaryl/α,β-unsaturated/α-hetero) is 2. The molecule has 1 aromatic rings. The first-order valence-electron chi connectivity index (χ1n) is 14.7. The Morgan fingerprint density at radius 3 is 2.41 bits per heavy atom. The van der Waals surface area contributed by atoms with Gasteiger partial charge >= 0.3 is 0 Å². The number of nitro groups is 1. The number of fused-ring (bicyclic) bond motifs is 5. The van der Waals surface area contributed by atoms with Crippen LogP contribution in [0.1, 0.15) is 85.0 Å². The monoisotopic (exact) mass is 558 g/mol. The van der Waals surface area contributed by atoms with E-state index in [1.54, 1.807) is 0 Å². The maximum absolute atomic E-state index is 13.6. The minimum Gasteiger partial charge on any atom is -0.300 e. The summed E-state index contributed by atoms with van der Waals surface area (Å²) in [5, 5.41) is 10.8. The van der Waals surface area contributed by atoms with Crippen molar-refractivity contribution in [2.45, 2.75) is 89.9 Å². The van der Waals surface area contributed by atoms with Gasteiger partial charge in [0.1, 0.15) is 11.6 Å². The van der Waals surface area contributed by atoms with Crippen molar-refractivity contribution in [1.29, 1.82) is 0 Å². The van der Waals surface area contributed by atoms with E-state index in [4.69, 9.17) is 0 Å². The van der Waals surface area contributed by atoms with Crippen molar-refractivity contribution in [3.8, 4) is 0 Å². The predicted molar refractivity (Wildman–Crippen MR) is 147 cm³/mol. The first kappa shape index (κ1) is 28.4. The molecule has 4 fully saturated rings. The molecule has 0 spiro atoms. The lowest BCUT2D eigenvalue weighted by Gasteiger charge is -2.59. The summed E-state index contributed by atoms with van der Waals surface area (Å²) >= 11 is 0. The van der Waals surface area contributed by atoms with Gasteiger partial charge in [0.15, 0.2) is 0 Å². The van der Waals surface area contributed by atoms with E-state index >= 15 is 0 Å². The number of benzene rings is 1. The number of ketones is 2. The first-order valence-corrected chi connectivity index (χ1v) is 16.1. The summed E-state index contributed by atoms with van der Waals surface area (Å²) in [6.07, 6.45) is 8.78. The van der Waals surface area contributed by atoms with Gasteiger partial charge in [0.25, 0.3) is 5.69 Å². The molecule has 0 unspecified atom stereocenters. The fourth-order valence-corrected chi connectivity index (χ4v) is 10.4. The second-order valence-corrected chi connectivity index (χ2v) is 15.1. The standard InChI is InChI=1S/C30H42N2O6S/c1-19(5-4-16-31-39(37,38)23-8-6-21(7-9-23)32(35)36)24-10-11-25-28-26(13-15-30(24,25)3)29(2)14-12-22(33)17-20(29)18-27(28)34/h6-9,19-20,24-26,28,31H,4-5,10-18H2,1-3H3/t19-,20+,24-,25+,26+,28+,29+,30-/m1/s1. The zero-order chi connectivity index (χ0) is 28.2. The molecule has 8 atom stereocenters. The Hall–Kier alpha value is -2.13. The molecule has 9 heteroatoms. The third-order valence-corrected chi connectivity index (χ3v) is 13.0. The smallest absolute Gasteiger partial charge is 0.269 e. The molecule has 0 amide bonds. The van der Waals surface area contributed by atoms with Gasteiger partial charge < -0.3 is 0 Å². The Morgan fingerprint density at radius 1 is 1.03 bits per heavy atom. The molecule has 1 aromatic carbocycles. The average molecular weight is 559 g/mol. The van der Waals surface area contributed by atoms with E-state index in [2.05, 4.69) is 25.5 Å². The molecule has 0 saturated heterocycles. The van der Waals surface area contributed by atoms with E-state index in [-0.39, 0.29) is 33.2 Å². The van der Waals surface area contributed by atoms with E-state index in [1.165, 1.54) is 24.3 Å². The van der Waals surface area contributed by atoms with E-state index in [0.717, 1.165) is 38.5 Å². The minimum absolute atomic E-state index is 0.0273. The lowest BCUT2D eigenvalue weighted by molar-refractivity contribution is -0.384. The number of non-ortho nitro benzene ring substituents is 1. The van der Waals surface area contributed by atoms with E-state index in [1.807, 2.05) is 0 Å². The molecule has 4 aliphatic carbocycles. The molecule has 1 N–H and O–H groups in total. The van der Waals surface area contributed by atoms with Gasteiger partial charge in [-0.3, -0.25) is 19.7 Å². The van der Waals surface area contributed by atoms with Crippen LogP contribution in [-0.4, -0.2) is 31.5 Å². The highest BCUT2D eigenvalue weighted by molar-refractivity contribution is 7.89. The number of nitro benzene ring substituents is 1. The normalized spacial score (nSPS) is 37.1. The molecular weight excluding hydrogens is 516 g/mol. The van der Waals surface area contributed by atoms with Crippen molar-refractivity contribution in [2.24, 2.45) is 46.3 Å². The maximum atomic E-state index is 13.6. The quantitative estimate of drug-likeness (QED) is 0.248. The van der Waals surface area contributed by atoms with Gasteiger partial charge in [-0.05, 0) is 97.5 Å². The molecule has 0 bridgehead atoms. The van der Waals surface area contributed by atoms with Crippen molar-refractivity contribution in [3.05, 3.63) is 34.4 Å². The zero-order valence-corrected chi connectivity index (χ0v) is 24.2. The van der Waals surface area contributed by atoms with Crippen LogP contribution in [0.15, 0.2) is 29.2 Å². The fourth-order valence-electron chi connectivity index (χ4n) is 9.36.